The van der Waals surface area contributed by atoms with Crippen molar-refractivity contribution in [3.8, 4) is 0 Å². The number of carbonyl (C=O) groups is 3. The van der Waals surface area contributed by atoms with Gasteiger partial charge in [-0.05, 0) is 44.2 Å². The van der Waals surface area contributed by atoms with Crippen molar-refractivity contribution in [1.82, 2.24) is 19.7 Å². The second-order valence-corrected chi connectivity index (χ2v) is 13.0. The van der Waals surface area contributed by atoms with E-state index in [-0.39, 0.29) is 48.2 Å². The molecule has 4 atom stereocenters. The number of likely N-dealkylation sites (N-methyl/N-ethyl adjacent to an activating group) is 1. The fraction of sp³-hybridized carbons (Fsp3) is 0.515. The van der Waals surface area contributed by atoms with Gasteiger partial charge < -0.3 is 14.7 Å². The third-order valence-corrected chi connectivity index (χ3v) is 9.90. The van der Waals surface area contributed by atoms with E-state index in [1.807, 2.05) is 16.7 Å². The average Bonchev–Trinajstić information content (AvgIpc) is 3.35. The highest BCUT2D eigenvalue weighted by Gasteiger charge is 2.49. The number of carbonyl (C=O) groups excluding carboxylic acids is 3. The van der Waals surface area contributed by atoms with Crippen LogP contribution in [0.1, 0.15) is 24.6 Å². The number of benzene rings is 1. The molecule has 4 aliphatic heterocycles. The molecule has 0 N–H and O–H groups in total. The van der Waals surface area contributed by atoms with E-state index in [1.54, 1.807) is 6.07 Å². The summed E-state index contributed by atoms with van der Waals surface area (Å²) < 4.78 is 56.8. The largest absolute Gasteiger partial charge is 0.416 e. The Morgan fingerprint density at radius 1 is 1.09 bits per heavy atom. The lowest BCUT2D eigenvalue weighted by Gasteiger charge is -2.50. The van der Waals surface area contributed by atoms with Crippen LogP contribution in [0.4, 0.5) is 34.8 Å². The zero-order valence-electron chi connectivity index (χ0n) is 26.7. The maximum atomic E-state index is 15.6. The van der Waals surface area contributed by atoms with Crippen molar-refractivity contribution >= 4 is 34.9 Å². The maximum Gasteiger partial charge on any atom is 0.416 e. The molecule has 47 heavy (non-hydrogen) atoms. The van der Waals surface area contributed by atoms with Crippen LogP contribution in [0.15, 0.2) is 43.0 Å². The van der Waals surface area contributed by atoms with Gasteiger partial charge in [0.25, 0.3) is 0 Å². The summed E-state index contributed by atoms with van der Waals surface area (Å²) in [6.07, 6.45) is -3.43. The molecule has 10 nitrogen and oxygen atoms in total. The van der Waals surface area contributed by atoms with Gasteiger partial charge in [-0.3, -0.25) is 29.1 Å². The molecule has 5 heterocycles. The quantitative estimate of drug-likeness (QED) is 0.361. The Morgan fingerprint density at radius 2 is 1.85 bits per heavy atom. The second kappa shape index (κ2) is 12.5. The minimum absolute atomic E-state index is 0.0660. The Labute approximate surface area is 271 Å². The summed E-state index contributed by atoms with van der Waals surface area (Å²) in [4.78, 5) is 55.0. The van der Waals surface area contributed by atoms with Gasteiger partial charge in [0.1, 0.15) is 17.7 Å². The topological polar surface area (TPSA) is 83.5 Å². The molecule has 0 aliphatic carbocycles. The Morgan fingerprint density at radius 3 is 2.57 bits per heavy atom. The molecule has 0 unspecified atom stereocenters. The van der Waals surface area contributed by atoms with Gasteiger partial charge in [-0.2, -0.15) is 13.2 Å². The molecule has 1 aromatic heterocycles. The normalized spacial score (nSPS) is 25.7. The first-order valence-electron chi connectivity index (χ1n) is 15.8. The first-order valence-corrected chi connectivity index (χ1v) is 15.8. The van der Waals surface area contributed by atoms with E-state index in [4.69, 9.17) is 0 Å². The smallest absolute Gasteiger partial charge is 0.366 e. The third-order valence-electron chi connectivity index (χ3n) is 9.90. The summed E-state index contributed by atoms with van der Waals surface area (Å²) >= 11 is 0. The van der Waals surface area contributed by atoms with Crippen molar-refractivity contribution in [3.63, 3.8) is 0 Å². The van der Waals surface area contributed by atoms with Gasteiger partial charge in [0, 0.05) is 89.5 Å². The summed E-state index contributed by atoms with van der Waals surface area (Å²) in [7, 11) is 1.49. The van der Waals surface area contributed by atoms with Crippen LogP contribution < -0.4 is 14.7 Å². The number of hydrogen-bond donors (Lipinski definition) is 0. The Kier molecular flexibility index (Phi) is 8.77. The number of halogens is 4. The number of rotatable bonds is 5. The highest BCUT2D eigenvalue weighted by Crippen LogP contribution is 2.41. The lowest BCUT2D eigenvalue weighted by atomic mass is 9.95. The van der Waals surface area contributed by atoms with E-state index in [0.29, 0.717) is 31.9 Å². The van der Waals surface area contributed by atoms with Crippen LogP contribution >= 0.6 is 0 Å². The van der Waals surface area contributed by atoms with Crippen molar-refractivity contribution in [1.29, 1.82) is 0 Å². The number of aromatic nitrogens is 1. The van der Waals surface area contributed by atoms with Crippen molar-refractivity contribution in [2.24, 2.45) is 5.92 Å². The number of piperazine rings is 2. The minimum Gasteiger partial charge on any atom is -0.366 e. The van der Waals surface area contributed by atoms with Gasteiger partial charge in [-0.15, -0.1) is 0 Å². The predicted octanol–water partition coefficient (Wildman–Crippen LogP) is 3.16. The number of hydrogen-bond acceptors (Lipinski definition) is 7. The molecule has 6 rings (SSSR count). The van der Waals surface area contributed by atoms with Gasteiger partial charge in [-0.1, -0.05) is 12.6 Å². The fourth-order valence-corrected chi connectivity index (χ4v) is 7.57. The first-order chi connectivity index (χ1) is 22.3. The Balaban J connectivity index is 1.27. The summed E-state index contributed by atoms with van der Waals surface area (Å²) in [6.45, 7) is 11.8. The van der Waals surface area contributed by atoms with Gasteiger partial charge in [-0.25, -0.2) is 9.37 Å². The molecule has 0 saturated carbocycles. The van der Waals surface area contributed by atoms with E-state index >= 15 is 4.39 Å². The standard InChI is InChI=1S/C33H39F4N7O3/c1-5-28(45)43-19-24-18-40(9-11-41(24)16-21(43)3)10-12-42-17-22-14-29(46)44(27-15-23(33(35,36)37)13-20(2)38-27)30(22)32(47)39(4)26-8-6-7-25(34)31(26)42/h5-8,13,15,21-22,24,30H,1,9-12,14,16-19H2,2-4H3/t21-,22+,24-,30-/m0/s1. The van der Waals surface area contributed by atoms with Gasteiger partial charge >= 0.3 is 6.18 Å². The second-order valence-electron chi connectivity index (χ2n) is 13.0. The predicted molar refractivity (Wildman–Crippen MR) is 169 cm³/mol. The molecule has 0 bridgehead atoms. The number of pyridine rings is 1. The minimum atomic E-state index is -4.67. The van der Waals surface area contributed by atoms with Crippen LogP contribution in [0, 0.1) is 18.7 Å². The third kappa shape index (κ3) is 6.20. The van der Waals surface area contributed by atoms with E-state index < -0.39 is 41.3 Å². The molecule has 3 amide bonds. The highest BCUT2D eigenvalue weighted by molar-refractivity contribution is 6.10. The highest BCUT2D eigenvalue weighted by atomic mass is 19.4. The van der Waals surface area contributed by atoms with Gasteiger partial charge in [0.05, 0.1) is 16.9 Å². The molecular formula is C33H39F4N7O3. The Hall–Kier alpha value is -4.04. The van der Waals surface area contributed by atoms with E-state index in [0.717, 1.165) is 36.7 Å². The van der Waals surface area contributed by atoms with Crippen molar-refractivity contribution < 1.29 is 31.9 Å². The molecule has 0 radical (unpaired) electrons. The molecular weight excluding hydrogens is 618 g/mol. The van der Waals surface area contributed by atoms with Crippen LogP contribution in [0.3, 0.4) is 0 Å². The molecule has 4 aliphatic rings. The number of anilines is 3. The summed E-state index contributed by atoms with van der Waals surface area (Å²) in [5.74, 6) is -2.50. The van der Waals surface area contributed by atoms with E-state index in [2.05, 4.69) is 21.4 Å². The zero-order valence-corrected chi connectivity index (χ0v) is 26.7. The van der Waals surface area contributed by atoms with Crippen LogP contribution in [-0.2, 0) is 20.6 Å². The summed E-state index contributed by atoms with van der Waals surface area (Å²) in [5.41, 5.74) is -0.336. The zero-order chi connectivity index (χ0) is 33.8. The summed E-state index contributed by atoms with van der Waals surface area (Å²) in [5, 5.41) is 0. The SMILES string of the molecule is C=CC(=O)N1C[C@@H]2CN(CCN3C[C@H]4CC(=O)N(c5cc(C(F)(F)F)cc(C)n5)[C@@H]4C(=O)N(C)c4cccc(F)c43)CCN2C[C@@H]1C. The van der Waals surface area contributed by atoms with Crippen molar-refractivity contribution in [2.45, 2.75) is 44.6 Å². The maximum absolute atomic E-state index is 15.6. The van der Waals surface area contributed by atoms with E-state index in [9.17, 15) is 27.6 Å². The van der Waals surface area contributed by atoms with Crippen LogP contribution in [-0.4, -0.2) is 115 Å². The number of amides is 3. The van der Waals surface area contributed by atoms with Crippen LogP contribution in [0.5, 0.6) is 0 Å². The number of para-hydroxylation sites is 1. The monoisotopic (exact) mass is 657 g/mol. The average molecular weight is 658 g/mol. The number of aryl methyl sites for hydroxylation is 1. The molecule has 2 aromatic rings. The number of nitrogens with zero attached hydrogens (tertiary/aromatic N) is 7. The van der Waals surface area contributed by atoms with Gasteiger partial charge in [0.2, 0.25) is 17.7 Å². The fourth-order valence-electron chi connectivity index (χ4n) is 7.57. The van der Waals surface area contributed by atoms with Gasteiger partial charge in [0.15, 0.2) is 0 Å². The lowest BCUT2D eigenvalue weighted by molar-refractivity contribution is -0.137. The van der Waals surface area contributed by atoms with Crippen LogP contribution in [0.25, 0.3) is 0 Å². The van der Waals surface area contributed by atoms with Crippen molar-refractivity contribution in [3.05, 3.63) is 60.1 Å². The number of fused-ring (bicyclic) bond motifs is 3. The number of alkyl halides is 3. The molecule has 3 fully saturated rings. The first kappa shape index (κ1) is 32.9. The lowest BCUT2D eigenvalue weighted by Crippen LogP contribution is -2.65. The van der Waals surface area contributed by atoms with E-state index in [1.165, 1.54) is 37.1 Å². The summed E-state index contributed by atoms with van der Waals surface area (Å²) in [6, 6.07) is 5.27. The molecule has 252 valence electrons. The van der Waals surface area contributed by atoms with Crippen LogP contribution in [0.2, 0.25) is 0 Å². The Bertz CT molecular complexity index is 1590. The molecule has 3 saturated heterocycles. The molecule has 0 spiro atoms. The molecule has 1 aromatic carbocycles. The molecule has 14 heteroatoms. The van der Waals surface area contributed by atoms with Crippen molar-refractivity contribution in [2.75, 3.05) is 74.1 Å².